The van der Waals surface area contributed by atoms with Crippen molar-refractivity contribution in [3.63, 3.8) is 0 Å². The molecule has 0 amide bonds. The SMILES string of the molecule is Cc1nccn1-c1nnc2ccccc2n1. The Labute approximate surface area is 91.8 Å². The zero-order valence-corrected chi connectivity index (χ0v) is 8.70. The first kappa shape index (κ1) is 8.96. The Kier molecular flexibility index (Phi) is 1.89. The van der Waals surface area contributed by atoms with Crippen molar-refractivity contribution >= 4 is 11.0 Å². The van der Waals surface area contributed by atoms with Crippen LogP contribution in [-0.2, 0) is 0 Å². The topological polar surface area (TPSA) is 56.5 Å². The average molecular weight is 211 g/mol. The fraction of sp³-hybridized carbons (Fsp3) is 0.0909. The molecule has 3 aromatic rings. The summed E-state index contributed by atoms with van der Waals surface area (Å²) in [5.74, 6) is 1.39. The second kappa shape index (κ2) is 3.37. The number of rotatable bonds is 1. The maximum Gasteiger partial charge on any atom is 0.255 e. The molecule has 5 nitrogen and oxygen atoms in total. The second-order valence-corrected chi connectivity index (χ2v) is 3.44. The third-order valence-corrected chi connectivity index (χ3v) is 2.39. The molecule has 1 aromatic carbocycles. The summed E-state index contributed by atoms with van der Waals surface area (Å²) in [6.45, 7) is 1.90. The molecule has 0 atom stereocenters. The van der Waals surface area contributed by atoms with Gasteiger partial charge in [-0.3, -0.25) is 4.57 Å². The number of hydrogen-bond acceptors (Lipinski definition) is 4. The molecule has 2 aromatic heterocycles. The van der Waals surface area contributed by atoms with Gasteiger partial charge in [-0.1, -0.05) is 12.1 Å². The first-order chi connectivity index (χ1) is 7.84. The van der Waals surface area contributed by atoms with Crippen LogP contribution in [0.2, 0.25) is 0 Å². The normalized spacial score (nSPS) is 10.8. The number of imidazole rings is 1. The number of hydrogen-bond donors (Lipinski definition) is 0. The van der Waals surface area contributed by atoms with Gasteiger partial charge in [0, 0.05) is 12.4 Å². The summed E-state index contributed by atoms with van der Waals surface area (Å²) < 4.78 is 1.80. The molecule has 0 radical (unpaired) electrons. The molecule has 2 heterocycles. The molecule has 78 valence electrons. The lowest BCUT2D eigenvalue weighted by Crippen LogP contribution is -2.03. The molecule has 3 rings (SSSR count). The number of benzene rings is 1. The number of nitrogens with zero attached hydrogens (tertiary/aromatic N) is 5. The molecule has 0 N–H and O–H groups in total. The molecule has 5 heteroatoms. The van der Waals surface area contributed by atoms with Gasteiger partial charge in [0.25, 0.3) is 5.95 Å². The van der Waals surface area contributed by atoms with Gasteiger partial charge in [-0.05, 0) is 19.1 Å². The second-order valence-electron chi connectivity index (χ2n) is 3.44. The zero-order chi connectivity index (χ0) is 11.0. The van der Waals surface area contributed by atoms with E-state index in [0.29, 0.717) is 5.95 Å². The summed E-state index contributed by atoms with van der Waals surface area (Å²) in [5, 5.41) is 8.19. The molecule has 0 unspecified atom stereocenters. The third kappa shape index (κ3) is 1.33. The summed E-state index contributed by atoms with van der Waals surface area (Å²) in [4.78, 5) is 8.56. The molecule has 0 saturated heterocycles. The Morgan fingerprint density at radius 1 is 1.06 bits per heavy atom. The fourth-order valence-electron chi connectivity index (χ4n) is 1.56. The monoisotopic (exact) mass is 211 g/mol. The maximum atomic E-state index is 4.43. The minimum atomic E-state index is 0.550. The maximum absolute atomic E-state index is 4.43. The van der Waals surface area contributed by atoms with Gasteiger partial charge in [-0.25, -0.2) is 9.97 Å². The Bertz CT molecular complexity index is 643. The van der Waals surface area contributed by atoms with E-state index >= 15 is 0 Å². The van der Waals surface area contributed by atoms with E-state index < -0.39 is 0 Å². The van der Waals surface area contributed by atoms with E-state index in [1.54, 1.807) is 10.8 Å². The Morgan fingerprint density at radius 3 is 2.62 bits per heavy atom. The first-order valence-electron chi connectivity index (χ1n) is 4.94. The van der Waals surface area contributed by atoms with Crippen LogP contribution in [0.25, 0.3) is 17.0 Å². The summed E-state index contributed by atoms with van der Waals surface area (Å²) in [6, 6.07) is 7.65. The number of para-hydroxylation sites is 1. The van der Waals surface area contributed by atoms with E-state index in [4.69, 9.17) is 0 Å². The standard InChI is InChI=1S/C11H9N5/c1-8-12-6-7-16(8)11-13-9-4-2-3-5-10(9)14-15-11/h2-7H,1H3. The predicted molar refractivity (Wildman–Crippen MR) is 59.2 cm³/mol. The minimum absolute atomic E-state index is 0.550. The lowest BCUT2D eigenvalue weighted by atomic mass is 10.3. The van der Waals surface area contributed by atoms with Crippen LogP contribution >= 0.6 is 0 Å². The lowest BCUT2D eigenvalue weighted by molar-refractivity contribution is 0.850. The van der Waals surface area contributed by atoms with Crippen molar-refractivity contribution in [2.75, 3.05) is 0 Å². The van der Waals surface area contributed by atoms with Crippen molar-refractivity contribution in [2.24, 2.45) is 0 Å². The predicted octanol–water partition coefficient (Wildman–Crippen LogP) is 1.52. The van der Waals surface area contributed by atoms with Crippen molar-refractivity contribution in [3.05, 3.63) is 42.5 Å². The highest BCUT2D eigenvalue weighted by molar-refractivity contribution is 5.73. The molecule has 0 aliphatic rings. The molecule has 0 spiro atoms. The third-order valence-electron chi connectivity index (χ3n) is 2.39. The van der Waals surface area contributed by atoms with Gasteiger partial charge < -0.3 is 0 Å². The number of aryl methyl sites for hydroxylation is 1. The molecule has 0 bridgehead atoms. The summed E-state index contributed by atoms with van der Waals surface area (Å²) in [7, 11) is 0. The quantitative estimate of drug-likeness (QED) is 0.612. The first-order valence-corrected chi connectivity index (χ1v) is 4.94. The Balaban J connectivity index is 2.23. The summed E-state index contributed by atoms with van der Waals surface area (Å²) >= 11 is 0. The van der Waals surface area contributed by atoms with Crippen LogP contribution in [0, 0.1) is 6.92 Å². The van der Waals surface area contributed by atoms with E-state index in [2.05, 4.69) is 20.2 Å². The molecular weight excluding hydrogens is 202 g/mol. The van der Waals surface area contributed by atoms with Gasteiger partial charge in [0.2, 0.25) is 0 Å². The minimum Gasteiger partial charge on any atom is -0.271 e. The van der Waals surface area contributed by atoms with Gasteiger partial charge in [0.15, 0.2) is 0 Å². The van der Waals surface area contributed by atoms with Crippen LogP contribution < -0.4 is 0 Å². The highest BCUT2D eigenvalue weighted by Gasteiger charge is 2.05. The molecule has 0 saturated carbocycles. The van der Waals surface area contributed by atoms with E-state index in [9.17, 15) is 0 Å². The van der Waals surface area contributed by atoms with Crippen LogP contribution in [0.15, 0.2) is 36.7 Å². The smallest absolute Gasteiger partial charge is 0.255 e. The number of fused-ring (bicyclic) bond motifs is 1. The molecule has 0 aliphatic carbocycles. The molecule has 16 heavy (non-hydrogen) atoms. The van der Waals surface area contributed by atoms with Crippen molar-refractivity contribution in [2.45, 2.75) is 6.92 Å². The van der Waals surface area contributed by atoms with E-state index in [1.165, 1.54) is 0 Å². The van der Waals surface area contributed by atoms with E-state index in [-0.39, 0.29) is 0 Å². The fourth-order valence-corrected chi connectivity index (χ4v) is 1.56. The lowest BCUT2D eigenvalue weighted by Gasteiger charge is -2.02. The average Bonchev–Trinajstić information content (AvgIpc) is 2.75. The number of aromatic nitrogens is 5. The van der Waals surface area contributed by atoms with Gasteiger partial charge in [0.1, 0.15) is 11.3 Å². The van der Waals surface area contributed by atoms with Crippen molar-refractivity contribution in [1.82, 2.24) is 24.7 Å². The molecular formula is C11H9N5. The van der Waals surface area contributed by atoms with Crippen molar-refractivity contribution in [1.29, 1.82) is 0 Å². The van der Waals surface area contributed by atoms with Crippen LogP contribution in [0.5, 0.6) is 0 Å². The summed E-state index contributed by atoms with van der Waals surface area (Å²) in [5.41, 5.74) is 1.63. The van der Waals surface area contributed by atoms with Crippen molar-refractivity contribution in [3.8, 4) is 5.95 Å². The molecule has 0 aliphatic heterocycles. The van der Waals surface area contributed by atoms with Gasteiger partial charge >= 0.3 is 0 Å². The van der Waals surface area contributed by atoms with Crippen LogP contribution in [-0.4, -0.2) is 24.7 Å². The van der Waals surface area contributed by atoms with E-state index in [0.717, 1.165) is 16.9 Å². The van der Waals surface area contributed by atoms with Crippen molar-refractivity contribution < 1.29 is 0 Å². The van der Waals surface area contributed by atoms with E-state index in [1.807, 2.05) is 37.4 Å². The Morgan fingerprint density at radius 2 is 1.88 bits per heavy atom. The zero-order valence-electron chi connectivity index (χ0n) is 8.70. The van der Waals surface area contributed by atoms with Gasteiger partial charge in [-0.2, -0.15) is 0 Å². The Hall–Kier alpha value is -2.30. The molecule has 0 fully saturated rings. The summed E-state index contributed by atoms with van der Waals surface area (Å²) in [6.07, 6.45) is 3.54. The van der Waals surface area contributed by atoms with Crippen LogP contribution in [0.1, 0.15) is 5.82 Å². The van der Waals surface area contributed by atoms with Crippen LogP contribution in [0.4, 0.5) is 0 Å². The van der Waals surface area contributed by atoms with Gasteiger partial charge in [-0.15, -0.1) is 10.2 Å². The van der Waals surface area contributed by atoms with Crippen LogP contribution in [0.3, 0.4) is 0 Å². The highest BCUT2D eigenvalue weighted by Crippen LogP contribution is 2.09. The largest absolute Gasteiger partial charge is 0.271 e. The highest BCUT2D eigenvalue weighted by atomic mass is 15.3. The van der Waals surface area contributed by atoms with Gasteiger partial charge in [0.05, 0.1) is 5.52 Å².